The number of pyridine rings is 2. The molecule has 14 heteroatoms. The summed E-state index contributed by atoms with van der Waals surface area (Å²) in [5.74, 6) is 1.30. The number of aromatic nitrogens is 5. The van der Waals surface area contributed by atoms with Crippen molar-refractivity contribution >= 4 is 40.5 Å². The minimum atomic E-state index is -0.405. The van der Waals surface area contributed by atoms with Crippen molar-refractivity contribution in [2.45, 2.75) is 76.8 Å². The summed E-state index contributed by atoms with van der Waals surface area (Å²) in [5, 5.41) is 22.8. The van der Waals surface area contributed by atoms with E-state index in [0.29, 0.717) is 41.0 Å². The Morgan fingerprint density at radius 3 is 2.57 bits per heavy atom. The van der Waals surface area contributed by atoms with E-state index in [1.165, 1.54) is 11.8 Å². The molecule has 1 saturated carbocycles. The monoisotopic (exact) mass is 727 g/mol. The zero-order chi connectivity index (χ0) is 37.3. The number of nitriles is 1. The molecule has 2 aliphatic heterocycles. The molecule has 5 aromatic rings. The van der Waals surface area contributed by atoms with Crippen LogP contribution in [0.5, 0.6) is 0 Å². The minimum absolute atomic E-state index is 0.114. The van der Waals surface area contributed by atoms with Gasteiger partial charge in [0, 0.05) is 44.0 Å². The van der Waals surface area contributed by atoms with Gasteiger partial charge in [0.25, 0.3) is 5.91 Å². The highest BCUT2D eigenvalue weighted by Crippen LogP contribution is 2.34. The van der Waals surface area contributed by atoms with Crippen LogP contribution in [0.3, 0.4) is 0 Å². The van der Waals surface area contributed by atoms with E-state index >= 15 is 0 Å². The summed E-state index contributed by atoms with van der Waals surface area (Å²) in [6.45, 7) is 7.55. The molecule has 0 atom stereocenters. The van der Waals surface area contributed by atoms with Crippen molar-refractivity contribution in [1.29, 1.82) is 5.26 Å². The van der Waals surface area contributed by atoms with Gasteiger partial charge in [0.2, 0.25) is 5.91 Å². The van der Waals surface area contributed by atoms with E-state index in [0.717, 1.165) is 80.7 Å². The number of carbonyl (C=O) groups is 3. The smallest absolute Gasteiger partial charge is 0.329 e. The van der Waals surface area contributed by atoms with E-state index in [4.69, 9.17) is 4.98 Å². The highest BCUT2D eigenvalue weighted by molar-refractivity contribution is 6.05. The maximum absolute atomic E-state index is 13.6. The third-order valence-electron chi connectivity index (χ3n) is 11.1. The van der Waals surface area contributed by atoms with Crippen LogP contribution in [-0.4, -0.2) is 85.0 Å². The van der Waals surface area contributed by atoms with Crippen LogP contribution >= 0.6 is 0 Å². The molecule has 0 bridgehead atoms. The zero-order valence-corrected chi connectivity index (χ0v) is 30.7. The van der Waals surface area contributed by atoms with Gasteiger partial charge in [-0.05, 0) is 113 Å². The number of hydrogen-bond donors (Lipinski definition) is 3. The number of carbonyl (C=O) groups excluding carboxylic acids is 3. The molecule has 14 nitrogen and oxygen atoms in total. The normalized spacial score (nSPS) is 20.0. The van der Waals surface area contributed by atoms with Gasteiger partial charge in [-0.1, -0.05) is 6.07 Å². The molecule has 3 aliphatic rings. The first-order valence-corrected chi connectivity index (χ1v) is 19.0. The fraction of sp³-hybridized carbons (Fsp3) is 0.425. The topological polar surface area (TPSA) is 165 Å². The van der Waals surface area contributed by atoms with Crippen molar-refractivity contribution in [2.75, 3.05) is 36.4 Å². The first-order chi connectivity index (χ1) is 26.2. The van der Waals surface area contributed by atoms with E-state index in [2.05, 4.69) is 43.1 Å². The molecule has 2 saturated heterocycles. The number of urea groups is 1. The summed E-state index contributed by atoms with van der Waals surface area (Å²) in [4.78, 5) is 51.4. The molecule has 3 fully saturated rings. The summed E-state index contributed by atoms with van der Waals surface area (Å²) in [6.07, 6.45) is 13.3. The Morgan fingerprint density at radius 2 is 1.81 bits per heavy atom. The molecule has 8 rings (SSSR count). The molecule has 0 aromatic carbocycles. The molecule has 5 aromatic heterocycles. The largest absolute Gasteiger partial charge is 0.382 e. The Bertz CT molecular complexity index is 2250. The minimum Gasteiger partial charge on any atom is -0.382 e. The number of amides is 4. The van der Waals surface area contributed by atoms with Gasteiger partial charge < -0.3 is 15.5 Å². The lowest BCUT2D eigenvalue weighted by molar-refractivity contribution is -0.120. The second-order valence-electron chi connectivity index (χ2n) is 15.1. The fourth-order valence-corrected chi connectivity index (χ4v) is 8.33. The van der Waals surface area contributed by atoms with Gasteiger partial charge in [-0.2, -0.15) is 10.4 Å². The van der Waals surface area contributed by atoms with Gasteiger partial charge >= 0.3 is 6.03 Å². The van der Waals surface area contributed by atoms with E-state index in [-0.39, 0.29) is 30.3 Å². The predicted molar refractivity (Wildman–Crippen MR) is 204 cm³/mol. The van der Waals surface area contributed by atoms with Crippen molar-refractivity contribution in [2.24, 2.45) is 5.92 Å². The number of imidazole rings is 1. The summed E-state index contributed by atoms with van der Waals surface area (Å²) in [6, 6.07) is 13.7. The number of nitrogens with one attached hydrogen (secondary N) is 3. The fourth-order valence-electron chi connectivity index (χ4n) is 8.33. The molecule has 7 heterocycles. The summed E-state index contributed by atoms with van der Waals surface area (Å²) in [7, 11) is 0. The highest BCUT2D eigenvalue weighted by Gasteiger charge is 2.30. The third kappa shape index (κ3) is 7.11. The van der Waals surface area contributed by atoms with E-state index < -0.39 is 6.03 Å². The third-order valence-corrected chi connectivity index (χ3v) is 11.1. The molecular weight excluding hydrogens is 683 g/mol. The highest BCUT2D eigenvalue weighted by atomic mass is 16.2. The van der Waals surface area contributed by atoms with Gasteiger partial charge in [-0.15, -0.1) is 0 Å². The maximum atomic E-state index is 13.6. The second-order valence-corrected chi connectivity index (χ2v) is 15.1. The zero-order valence-electron chi connectivity index (χ0n) is 30.7. The van der Waals surface area contributed by atoms with Gasteiger partial charge in [-0.3, -0.25) is 29.2 Å². The number of anilines is 2. The summed E-state index contributed by atoms with van der Waals surface area (Å²) in [5.41, 5.74) is 6.09. The van der Waals surface area contributed by atoms with Crippen LogP contribution in [0.25, 0.3) is 22.6 Å². The van der Waals surface area contributed by atoms with Gasteiger partial charge in [0.05, 0.1) is 46.1 Å². The molecule has 3 N–H and O–H groups in total. The van der Waals surface area contributed by atoms with Crippen LogP contribution < -0.4 is 20.9 Å². The summed E-state index contributed by atoms with van der Waals surface area (Å²) >= 11 is 0. The number of hydrogen-bond acceptors (Lipinski definition) is 9. The van der Waals surface area contributed by atoms with Crippen molar-refractivity contribution in [1.82, 2.24) is 39.5 Å². The second kappa shape index (κ2) is 14.9. The molecule has 0 unspecified atom stereocenters. The van der Waals surface area contributed by atoms with E-state index in [9.17, 15) is 19.6 Å². The number of nitrogens with zero attached hydrogens (tertiary/aromatic N) is 8. The standard InChI is InChI=1S/C40H45N11O3/c1-25(2)45-33-19-34(35-10-9-30-18-27(20-41)21-44-51(30)35)42-22-32(33)39(53)46-29-7-5-26(6-8-29)24-48-15-11-28(12-16-48)31-4-3-14-49-37(23-43-38(31)49)50-17-13-36(52)47-40(50)54/h3-4,9-10,14,18-19,21-23,25-26,28-29H,5-8,11-13,15-17,24H2,1-2H3,(H,42,45)(H,46,53)(H,47,52,54). The van der Waals surface area contributed by atoms with Crippen LogP contribution in [0.1, 0.15) is 86.2 Å². The van der Waals surface area contributed by atoms with E-state index in [1.54, 1.807) is 27.9 Å². The lowest BCUT2D eigenvalue weighted by Gasteiger charge is -2.37. The Kier molecular flexibility index (Phi) is 9.72. The van der Waals surface area contributed by atoms with Crippen LogP contribution in [-0.2, 0) is 4.79 Å². The van der Waals surface area contributed by atoms with Crippen molar-refractivity contribution in [3.8, 4) is 17.5 Å². The predicted octanol–water partition coefficient (Wildman–Crippen LogP) is 5.35. The van der Waals surface area contributed by atoms with Crippen molar-refractivity contribution in [3.05, 3.63) is 77.9 Å². The number of imide groups is 1. The quantitative estimate of drug-likeness (QED) is 0.182. The maximum Gasteiger partial charge on any atom is 0.329 e. The Hall–Kier alpha value is -5.81. The number of likely N-dealkylation sites (tertiary alicyclic amines) is 1. The lowest BCUT2D eigenvalue weighted by Crippen LogP contribution is -2.50. The number of rotatable bonds is 9. The van der Waals surface area contributed by atoms with Crippen molar-refractivity contribution < 1.29 is 14.4 Å². The van der Waals surface area contributed by atoms with Crippen LogP contribution in [0.15, 0.2) is 61.2 Å². The van der Waals surface area contributed by atoms with Gasteiger partial charge in [0.1, 0.15) is 17.5 Å². The average Bonchev–Trinajstić information content (AvgIpc) is 3.80. The van der Waals surface area contributed by atoms with Gasteiger partial charge in [-0.25, -0.2) is 14.3 Å². The van der Waals surface area contributed by atoms with Crippen LogP contribution in [0.2, 0.25) is 0 Å². The molecule has 54 heavy (non-hydrogen) atoms. The first kappa shape index (κ1) is 35.2. The van der Waals surface area contributed by atoms with Crippen LogP contribution in [0.4, 0.5) is 16.3 Å². The molecule has 278 valence electrons. The van der Waals surface area contributed by atoms with Crippen LogP contribution in [0, 0.1) is 17.2 Å². The van der Waals surface area contributed by atoms with Gasteiger partial charge in [0.15, 0.2) is 0 Å². The van der Waals surface area contributed by atoms with Crippen molar-refractivity contribution in [3.63, 3.8) is 0 Å². The molecular formula is C40H45N11O3. The van der Waals surface area contributed by atoms with E-state index in [1.807, 2.05) is 48.7 Å². The average molecular weight is 728 g/mol. The summed E-state index contributed by atoms with van der Waals surface area (Å²) < 4.78 is 3.73. The Morgan fingerprint density at radius 1 is 1.00 bits per heavy atom. The Labute approximate surface area is 313 Å². The first-order valence-electron chi connectivity index (χ1n) is 19.0. The number of fused-ring (bicyclic) bond motifs is 2. The molecule has 1 aliphatic carbocycles. The lowest BCUT2D eigenvalue weighted by atomic mass is 9.84. The molecule has 4 amide bonds. The SMILES string of the molecule is CC(C)Nc1cc(-c2ccc3cc(C#N)cnn23)ncc1C(=O)NC1CCC(CN2CCC(c3cccn4c(N5CCC(=O)NC5=O)cnc34)CC2)CC1. The number of piperidine rings is 1. The molecule has 0 radical (unpaired) electrons. The Balaban J connectivity index is 0.848. The molecule has 0 spiro atoms.